The maximum Gasteiger partial charge on any atom is 0.328 e. The maximum absolute atomic E-state index is 11.7. The van der Waals surface area contributed by atoms with Gasteiger partial charge in [-0.05, 0) is 12.8 Å². The minimum atomic E-state index is -0.676. The van der Waals surface area contributed by atoms with Crippen molar-refractivity contribution in [3.8, 4) is 0 Å². The first-order valence-corrected chi connectivity index (χ1v) is 6.49. The highest BCUT2D eigenvalue weighted by atomic mass is 16.5. The van der Waals surface area contributed by atoms with Gasteiger partial charge in [-0.3, -0.25) is 9.59 Å². The van der Waals surface area contributed by atoms with Gasteiger partial charge in [0.15, 0.2) is 0 Å². The fourth-order valence-electron chi connectivity index (χ4n) is 1.49. The molecule has 1 amide bonds. The molecule has 0 bridgehead atoms. The van der Waals surface area contributed by atoms with E-state index < -0.39 is 18.0 Å². The predicted octanol–water partition coefficient (Wildman–Crippen LogP) is 1.03. The third-order valence-electron chi connectivity index (χ3n) is 2.85. The largest absolute Gasteiger partial charge is 0.467 e. The predicted molar refractivity (Wildman–Crippen MR) is 69.3 cm³/mol. The molecule has 0 heterocycles. The van der Waals surface area contributed by atoms with Gasteiger partial charge in [-0.25, -0.2) is 4.79 Å². The van der Waals surface area contributed by atoms with Crippen LogP contribution in [-0.4, -0.2) is 37.6 Å². The van der Waals surface area contributed by atoms with Crippen molar-refractivity contribution in [3.63, 3.8) is 0 Å². The fourth-order valence-corrected chi connectivity index (χ4v) is 1.49. The molecule has 19 heavy (non-hydrogen) atoms. The van der Waals surface area contributed by atoms with Gasteiger partial charge in [0.05, 0.1) is 20.1 Å². The van der Waals surface area contributed by atoms with Gasteiger partial charge >= 0.3 is 11.9 Å². The molecule has 0 saturated carbocycles. The molecule has 0 aromatic carbocycles. The highest BCUT2D eigenvalue weighted by molar-refractivity contribution is 5.86. The molecule has 0 rings (SSSR count). The number of carbonyl (C=O) groups excluding carboxylic acids is 3. The summed E-state index contributed by atoms with van der Waals surface area (Å²) in [5.74, 6) is -1.28. The van der Waals surface area contributed by atoms with E-state index >= 15 is 0 Å². The number of methoxy groups -OCH3 is 1. The Hall–Kier alpha value is -1.59. The second-order valence-electron chi connectivity index (χ2n) is 4.26. The molecule has 1 N–H and O–H groups in total. The van der Waals surface area contributed by atoms with Gasteiger partial charge in [0.1, 0.15) is 6.04 Å². The topological polar surface area (TPSA) is 81.7 Å². The van der Waals surface area contributed by atoms with Gasteiger partial charge < -0.3 is 14.8 Å². The van der Waals surface area contributed by atoms with Gasteiger partial charge in [-0.1, -0.05) is 20.3 Å². The number of hydrogen-bond acceptors (Lipinski definition) is 5. The summed E-state index contributed by atoms with van der Waals surface area (Å²) in [6.45, 7) is 5.77. The number of nitrogens with one attached hydrogen (secondary N) is 1. The Morgan fingerprint density at radius 3 is 2.26 bits per heavy atom. The summed E-state index contributed by atoms with van der Waals surface area (Å²) < 4.78 is 9.38. The van der Waals surface area contributed by atoms with Crippen LogP contribution in [0, 0.1) is 5.92 Å². The van der Waals surface area contributed by atoms with E-state index in [2.05, 4.69) is 10.1 Å². The average Bonchev–Trinajstić information content (AvgIpc) is 2.41. The lowest BCUT2D eigenvalue weighted by Crippen LogP contribution is -2.45. The summed E-state index contributed by atoms with van der Waals surface area (Å²) >= 11 is 0. The highest BCUT2D eigenvalue weighted by Gasteiger charge is 2.26. The number of amides is 1. The zero-order chi connectivity index (χ0) is 14.8. The molecular formula is C13H23NO5. The molecule has 0 radical (unpaired) electrons. The van der Waals surface area contributed by atoms with Crippen LogP contribution >= 0.6 is 0 Å². The molecule has 0 spiro atoms. The van der Waals surface area contributed by atoms with Crippen LogP contribution in [0.15, 0.2) is 0 Å². The van der Waals surface area contributed by atoms with Gasteiger partial charge in [-0.15, -0.1) is 0 Å². The lowest BCUT2D eigenvalue weighted by atomic mass is 9.99. The van der Waals surface area contributed by atoms with Gasteiger partial charge in [-0.2, -0.15) is 0 Å². The van der Waals surface area contributed by atoms with Gasteiger partial charge in [0, 0.05) is 6.42 Å². The number of rotatable bonds is 8. The van der Waals surface area contributed by atoms with E-state index in [-0.39, 0.29) is 31.3 Å². The summed E-state index contributed by atoms with van der Waals surface area (Å²) in [4.78, 5) is 34.4. The standard InChI is InChI=1S/C13H23NO5/c1-5-9(3)12(13(17)18-4)14-10(15)7-8-11(16)19-6-2/h9,12H,5-8H2,1-4H3,(H,14,15). The van der Waals surface area contributed by atoms with Crippen molar-refractivity contribution in [1.29, 1.82) is 0 Å². The van der Waals surface area contributed by atoms with E-state index in [0.29, 0.717) is 0 Å². The molecule has 0 aromatic heterocycles. The summed E-state index contributed by atoms with van der Waals surface area (Å²) in [7, 11) is 1.28. The molecule has 0 aliphatic rings. The zero-order valence-corrected chi connectivity index (χ0v) is 12.0. The summed E-state index contributed by atoms with van der Waals surface area (Å²) in [5.41, 5.74) is 0. The molecule has 2 unspecified atom stereocenters. The van der Waals surface area contributed by atoms with Crippen LogP contribution < -0.4 is 5.32 Å². The SMILES string of the molecule is CCOC(=O)CCC(=O)NC(C(=O)OC)C(C)CC. The number of hydrogen-bond donors (Lipinski definition) is 1. The summed E-state index contributed by atoms with van der Waals surface area (Å²) in [6.07, 6.45) is 0.745. The van der Waals surface area contributed by atoms with E-state index in [9.17, 15) is 14.4 Å². The van der Waals surface area contributed by atoms with Crippen molar-refractivity contribution in [1.82, 2.24) is 5.32 Å². The van der Waals surface area contributed by atoms with Crippen molar-refractivity contribution in [2.45, 2.75) is 46.1 Å². The quantitative estimate of drug-likeness (QED) is 0.668. The first-order chi connectivity index (χ1) is 8.96. The maximum atomic E-state index is 11.7. The normalized spacial score (nSPS) is 13.3. The van der Waals surface area contributed by atoms with Gasteiger partial charge in [0.25, 0.3) is 0 Å². The minimum Gasteiger partial charge on any atom is -0.467 e. The van der Waals surface area contributed by atoms with Crippen molar-refractivity contribution in [2.75, 3.05) is 13.7 Å². The number of carbonyl (C=O) groups is 3. The van der Waals surface area contributed by atoms with Crippen LogP contribution in [0.3, 0.4) is 0 Å². The third-order valence-corrected chi connectivity index (χ3v) is 2.85. The molecule has 0 aliphatic heterocycles. The average molecular weight is 273 g/mol. The van der Waals surface area contributed by atoms with Crippen molar-refractivity contribution in [3.05, 3.63) is 0 Å². The molecule has 0 saturated heterocycles. The first-order valence-electron chi connectivity index (χ1n) is 6.49. The van der Waals surface area contributed by atoms with Crippen LogP contribution in [0.1, 0.15) is 40.0 Å². The Bertz CT molecular complexity index is 316. The Morgan fingerprint density at radius 2 is 1.79 bits per heavy atom. The molecule has 0 fully saturated rings. The van der Waals surface area contributed by atoms with E-state index in [1.165, 1.54) is 7.11 Å². The van der Waals surface area contributed by atoms with E-state index in [1.54, 1.807) is 6.92 Å². The van der Waals surface area contributed by atoms with Crippen molar-refractivity contribution >= 4 is 17.8 Å². The summed E-state index contributed by atoms with van der Waals surface area (Å²) in [5, 5.41) is 2.59. The molecule has 6 nitrogen and oxygen atoms in total. The van der Waals surface area contributed by atoms with E-state index in [0.717, 1.165) is 6.42 Å². The van der Waals surface area contributed by atoms with Crippen LogP contribution in [0.25, 0.3) is 0 Å². The Kier molecular flexibility index (Phi) is 8.57. The van der Waals surface area contributed by atoms with E-state index in [4.69, 9.17) is 4.74 Å². The van der Waals surface area contributed by atoms with E-state index in [1.807, 2.05) is 13.8 Å². The van der Waals surface area contributed by atoms with Crippen molar-refractivity contribution < 1.29 is 23.9 Å². The first kappa shape index (κ1) is 17.4. The number of esters is 2. The van der Waals surface area contributed by atoms with Crippen molar-refractivity contribution in [2.24, 2.45) is 5.92 Å². The Balaban J connectivity index is 4.31. The second kappa shape index (κ2) is 9.35. The lowest BCUT2D eigenvalue weighted by Gasteiger charge is -2.21. The summed E-state index contributed by atoms with van der Waals surface area (Å²) in [6, 6.07) is -0.676. The Labute approximate surface area is 113 Å². The van der Waals surface area contributed by atoms with Gasteiger partial charge in [0.2, 0.25) is 5.91 Å². The Morgan fingerprint density at radius 1 is 1.16 bits per heavy atom. The smallest absolute Gasteiger partial charge is 0.328 e. The molecule has 110 valence electrons. The minimum absolute atomic E-state index is 0.00274. The van der Waals surface area contributed by atoms with Crippen LogP contribution in [0.2, 0.25) is 0 Å². The number of ether oxygens (including phenoxy) is 2. The highest BCUT2D eigenvalue weighted by Crippen LogP contribution is 2.09. The third kappa shape index (κ3) is 6.79. The molecular weight excluding hydrogens is 250 g/mol. The van der Waals surface area contributed by atoms with Crippen LogP contribution in [-0.2, 0) is 23.9 Å². The monoisotopic (exact) mass is 273 g/mol. The fraction of sp³-hybridized carbons (Fsp3) is 0.769. The molecule has 0 aromatic rings. The lowest BCUT2D eigenvalue weighted by molar-refractivity contribution is -0.147. The molecule has 6 heteroatoms. The van der Waals surface area contributed by atoms with Crippen LogP contribution in [0.4, 0.5) is 0 Å². The molecule has 0 aliphatic carbocycles. The second-order valence-corrected chi connectivity index (χ2v) is 4.26. The van der Waals surface area contributed by atoms with Crippen LogP contribution in [0.5, 0.6) is 0 Å². The molecule has 2 atom stereocenters. The zero-order valence-electron chi connectivity index (χ0n) is 12.0.